The van der Waals surface area contributed by atoms with E-state index in [-0.39, 0.29) is 25.7 Å². The smallest absolute Gasteiger partial charge is 0.303 e. The van der Waals surface area contributed by atoms with Crippen LogP contribution in [0.1, 0.15) is 44.6 Å². The molecule has 0 radical (unpaired) electrons. The zero-order chi connectivity index (χ0) is 18.2. The summed E-state index contributed by atoms with van der Waals surface area (Å²) >= 11 is 3.36. The SMILES string of the molecule is CCCOc1cc(Br)cc(C(C#N)(CCC(=O)O)CCC(=O)O)c1. The number of halogens is 1. The zero-order valence-corrected chi connectivity index (χ0v) is 15.0. The summed E-state index contributed by atoms with van der Waals surface area (Å²) in [4.78, 5) is 21.9. The van der Waals surface area contributed by atoms with Crippen LogP contribution >= 0.6 is 15.9 Å². The molecule has 0 aromatic heterocycles. The van der Waals surface area contributed by atoms with Gasteiger partial charge in [-0.25, -0.2) is 0 Å². The number of carbonyl (C=O) groups is 2. The molecule has 0 heterocycles. The fourth-order valence-corrected chi connectivity index (χ4v) is 2.85. The number of carboxylic acid groups (broad SMARTS) is 2. The van der Waals surface area contributed by atoms with Crippen LogP contribution in [0.4, 0.5) is 0 Å². The van der Waals surface area contributed by atoms with E-state index in [1.165, 1.54) is 0 Å². The first-order valence-electron chi connectivity index (χ1n) is 7.61. The Balaban J connectivity index is 3.25. The van der Waals surface area contributed by atoms with Crippen LogP contribution in [0.2, 0.25) is 0 Å². The molecule has 2 N–H and O–H groups in total. The normalized spacial score (nSPS) is 10.9. The Bertz CT molecular complexity index is 620. The van der Waals surface area contributed by atoms with Crippen molar-refractivity contribution >= 4 is 27.9 Å². The lowest BCUT2D eigenvalue weighted by molar-refractivity contribution is -0.137. The van der Waals surface area contributed by atoms with Crippen molar-refractivity contribution in [1.82, 2.24) is 0 Å². The molecule has 0 saturated carbocycles. The highest BCUT2D eigenvalue weighted by atomic mass is 79.9. The second-order valence-corrected chi connectivity index (χ2v) is 6.42. The van der Waals surface area contributed by atoms with Crippen molar-refractivity contribution in [3.8, 4) is 11.8 Å². The number of nitriles is 1. The van der Waals surface area contributed by atoms with Gasteiger partial charge in [0.25, 0.3) is 0 Å². The molecule has 1 rings (SSSR count). The molecule has 1 aromatic rings. The first-order chi connectivity index (χ1) is 11.3. The van der Waals surface area contributed by atoms with E-state index in [1.54, 1.807) is 18.2 Å². The van der Waals surface area contributed by atoms with E-state index in [0.29, 0.717) is 22.4 Å². The Morgan fingerprint density at radius 3 is 2.25 bits per heavy atom. The predicted octanol–water partition coefficient (Wildman–Crippen LogP) is 3.73. The van der Waals surface area contributed by atoms with Crippen LogP contribution in [0.25, 0.3) is 0 Å². The largest absolute Gasteiger partial charge is 0.494 e. The van der Waals surface area contributed by atoms with Crippen LogP contribution in [-0.2, 0) is 15.0 Å². The maximum Gasteiger partial charge on any atom is 0.303 e. The van der Waals surface area contributed by atoms with Crippen LogP contribution in [-0.4, -0.2) is 28.8 Å². The third-order valence-electron chi connectivity index (χ3n) is 3.64. The van der Waals surface area contributed by atoms with Gasteiger partial charge in [0, 0.05) is 17.3 Å². The molecule has 0 spiro atoms. The lowest BCUT2D eigenvalue weighted by atomic mass is 9.74. The maximum absolute atomic E-state index is 10.9. The van der Waals surface area contributed by atoms with Gasteiger partial charge in [0.05, 0.1) is 18.1 Å². The highest BCUT2D eigenvalue weighted by molar-refractivity contribution is 9.10. The fourth-order valence-electron chi connectivity index (χ4n) is 2.37. The number of hydrogen-bond donors (Lipinski definition) is 2. The van der Waals surface area contributed by atoms with E-state index in [9.17, 15) is 14.9 Å². The molecule has 130 valence electrons. The molecule has 0 aliphatic carbocycles. The molecule has 6 nitrogen and oxygen atoms in total. The summed E-state index contributed by atoms with van der Waals surface area (Å²) in [6.07, 6.45) is 0.463. The van der Waals surface area contributed by atoms with Crippen molar-refractivity contribution in [2.75, 3.05) is 6.61 Å². The molecule has 0 atom stereocenters. The van der Waals surface area contributed by atoms with E-state index < -0.39 is 17.4 Å². The molecule has 24 heavy (non-hydrogen) atoms. The summed E-state index contributed by atoms with van der Waals surface area (Å²) in [7, 11) is 0. The quantitative estimate of drug-likeness (QED) is 0.622. The van der Waals surface area contributed by atoms with Gasteiger partial charge in [0.2, 0.25) is 0 Å². The third kappa shape index (κ3) is 5.85. The minimum atomic E-state index is -1.19. The Morgan fingerprint density at radius 2 is 1.79 bits per heavy atom. The van der Waals surface area contributed by atoms with Crippen LogP contribution in [0, 0.1) is 11.3 Å². The maximum atomic E-state index is 10.9. The molecule has 0 bridgehead atoms. The third-order valence-corrected chi connectivity index (χ3v) is 4.10. The predicted molar refractivity (Wildman–Crippen MR) is 91.0 cm³/mol. The van der Waals surface area contributed by atoms with E-state index in [0.717, 1.165) is 6.42 Å². The van der Waals surface area contributed by atoms with Crippen LogP contribution in [0.15, 0.2) is 22.7 Å². The molecule has 0 aliphatic rings. The van der Waals surface area contributed by atoms with Crippen LogP contribution in [0.5, 0.6) is 5.75 Å². The number of nitrogens with zero attached hydrogens (tertiary/aromatic N) is 1. The average Bonchev–Trinajstić information content (AvgIpc) is 2.52. The Hall–Kier alpha value is -2.07. The lowest BCUT2D eigenvalue weighted by Gasteiger charge is -2.27. The fraction of sp³-hybridized carbons (Fsp3) is 0.471. The Morgan fingerprint density at radius 1 is 1.21 bits per heavy atom. The highest BCUT2D eigenvalue weighted by Crippen LogP contribution is 2.37. The first-order valence-corrected chi connectivity index (χ1v) is 8.41. The standard InChI is InChI=1S/C17H20BrNO5/c1-2-7-24-14-9-12(8-13(18)10-14)17(11-19,5-3-15(20)21)6-4-16(22)23/h8-10H,2-7H2,1H3,(H,20,21)(H,22,23). The summed E-state index contributed by atoms with van der Waals surface area (Å²) in [6, 6.07) is 7.31. The van der Waals surface area contributed by atoms with Gasteiger partial charge in [-0.05, 0) is 43.0 Å². The van der Waals surface area contributed by atoms with Gasteiger partial charge < -0.3 is 14.9 Å². The summed E-state index contributed by atoms with van der Waals surface area (Å²) < 4.78 is 6.29. The van der Waals surface area contributed by atoms with Gasteiger partial charge in [0.15, 0.2) is 0 Å². The lowest BCUT2D eigenvalue weighted by Crippen LogP contribution is -2.26. The minimum absolute atomic E-state index is 0.0375. The number of hydrogen-bond acceptors (Lipinski definition) is 4. The number of carboxylic acids is 2. The summed E-state index contributed by atoms with van der Waals surface area (Å²) in [5.74, 6) is -1.49. The van der Waals surface area contributed by atoms with Crippen molar-refractivity contribution in [1.29, 1.82) is 5.26 Å². The van der Waals surface area contributed by atoms with Crippen molar-refractivity contribution < 1.29 is 24.5 Å². The van der Waals surface area contributed by atoms with Gasteiger partial charge >= 0.3 is 11.9 Å². The molecule has 0 aliphatic heterocycles. The molecule has 1 aromatic carbocycles. The minimum Gasteiger partial charge on any atom is -0.494 e. The number of rotatable bonds is 10. The van der Waals surface area contributed by atoms with E-state index >= 15 is 0 Å². The molecule has 0 unspecified atom stereocenters. The molecular formula is C17H20BrNO5. The summed E-state index contributed by atoms with van der Waals surface area (Å²) in [6.45, 7) is 2.48. The van der Waals surface area contributed by atoms with Crippen molar-refractivity contribution in [2.24, 2.45) is 0 Å². The number of aliphatic carboxylic acids is 2. The van der Waals surface area contributed by atoms with Gasteiger partial charge in [-0.1, -0.05) is 22.9 Å². The Kier molecular flexibility index (Phi) is 7.72. The van der Waals surface area contributed by atoms with Gasteiger partial charge in [-0.3, -0.25) is 9.59 Å². The zero-order valence-electron chi connectivity index (χ0n) is 13.4. The van der Waals surface area contributed by atoms with Crippen LogP contribution in [0.3, 0.4) is 0 Å². The number of benzene rings is 1. The van der Waals surface area contributed by atoms with Crippen LogP contribution < -0.4 is 4.74 Å². The molecule has 7 heteroatoms. The van der Waals surface area contributed by atoms with Crippen molar-refractivity contribution in [3.05, 3.63) is 28.2 Å². The second-order valence-electron chi connectivity index (χ2n) is 5.51. The Labute approximate surface area is 149 Å². The molecule has 0 saturated heterocycles. The topological polar surface area (TPSA) is 108 Å². The van der Waals surface area contributed by atoms with Crippen molar-refractivity contribution in [2.45, 2.75) is 44.4 Å². The summed E-state index contributed by atoms with van der Waals surface area (Å²) in [5.41, 5.74) is -0.627. The second kappa shape index (κ2) is 9.28. The molecule has 0 amide bonds. The van der Waals surface area contributed by atoms with Crippen molar-refractivity contribution in [3.63, 3.8) is 0 Å². The van der Waals surface area contributed by atoms with E-state index in [2.05, 4.69) is 22.0 Å². The molecule has 0 fully saturated rings. The van der Waals surface area contributed by atoms with Gasteiger partial charge in [-0.15, -0.1) is 0 Å². The summed E-state index contributed by atoms with van der Waals surface area (Å²) in [5, 5.41) is 27.6. The number of ether oxygens (including phenoxy) is 1. The van der Waals surface area contributed by atoms with Gasteiger partial charge in [-0.2, -0.15) is 5.26 Å². The monoisotopic (exact) mass is 397 g/mol. The van der Waals surface area contributed by atoms with E-state index in [1.807, 2.05) is 6.92 Å². The highest BCUT2D eigenvalue weighted by Gasteiger charge is 2.34. The van der Waals surface area contributed by atoms with E-state index in [4.69, 9.17) is 14.9 Å². The average molecular weight is 398 g/mol. The first kappa shape index (κ1) is 20.0. The molecular weight excluding hydrogens is 378 g/mol. The van der Waals surface area contributed by atoms with Gasteiger partial charge in [0.1, 0.15) is 5.75 Å².